The van der Waals surface area contributed by atoms with Gasteiger partial charge in [0.1, 0.15) is 0 Å². The Kier molecular flexibility index (Phi) is 2.65. The van der Waals surface area contributed by atoms with Crippen LogP contribution in [0.3, 0.4) is 0 Å². The molecule has 0 fully saturated rings. The Bertz CT molecular complexity index is 1380. The Morgan fingerprint density at radius 1 is 0.815 bits per heavy atom. The van der Waals surface area contributed by atoms with Crippen molar-refractivity contribution in [2.24, 2.45) is 0 Å². The van der Waals surface area contributed by atoms with Crippen molar-refractivity contribution in [2.75, 3.05) is 0 Å². The molecular formula is C23H24N4. The zero-order valence-electron chi connectivity index (χ0n) is 21.8. The minimum Gasteiger partial charge on any atom is -0.229 e. The van der Waals surface area contributed by atoms with E-state index in [0.717, 1.165) is 21.9 Å². The standard InChI is InChI=1S/C23H24N4/c1-13-14(2)25-22-21(24-13)26-15(3)20(27-22)17-11-16-9-7-8-10-18(16)19(12-17)23(4,5)6/h7-12H,1-6H3/i1D3,2D3. The number of aromatic nitrogens is 4. The maximum absolute atomic E-state index is 7.75. The van der Waals surface area contributed by atoms with Crippen molar-refractivity contribution in [1.29, 1.82) is 0 Å². The van der Waals surface area contributed by atoms with Crippen LogP contribution in [-0.2, 0) is 5.41 Å². The van der Waals surface area contributed by atoms with Gasteiger partial charge in [0.2, 0.25) is 0 Å². The predicted octanol–water partition coefficient (Wildman–Crippen LogP) is 5.46. The van der Waals surface area contributed by atoms with Gasteiger partial charge in [-0.25, -0.2) is 19.9 Å². The summed E-state index contributed by atoms with van der Waals surface area (Å²) in [5.41, 5.74) is 1.79. The highest BCUT2D eigenvalue weighted by Crippen LogP contribution is 2.35. The van der Waals surface area contributed by atoms with Crippen LogP contribution >= 0.6 is 0 Å². The van der Waals surface area contributed by atoms with Gasteiger partial charge in [-0.3, -0.25) is 0 Å². The minimum atomic E-state index is -2.75. The lowest BCUT2D eigenvalue weighted by molar-refractivity contribution is 0.596. The molecule has 4 nitrogen and oxygen atoms in total. The molecule has 0 aliphatic carbocycles. The second-order valence-electron chi connectivity index (χ2n) is 7.72. The van der Waals surface area contributed by atoms with Crippen LogP contribution in [0.25, 0.3) is 33.3 Å². The van der Waals surface area contributed by atoms with Crippen molar-refractivity contribution in [1.82, 2.24) is 19.9 Å². The van der Waals surface area contributed by atoms with Gasteiger partial charge in [-0.15, -0.1) is 0 Å². The lowest BCUT2D eigenvalue weighted by Crippen LogP contribution is -2.12. The van der Waals surface area contributed by atoms with Crippen molar-refractivity contribution >= 4 is 22.1 Å². The first-order chi connectivity index (χ1) is 15.2. The molecule has 0 aliphatic rings. The van der Waals surface area contributed by atoms with Crippen molar-refractivity contribution in [3.05, 3.63) is 59.0 Å². The summed E-state index contributed by atoms with van der Waals surface area (Å²) in [5, 5.41) is 2.19. The van der Waals surface area contributed by atoms with E-state index in [1.807, 2.05) is 24.3 Å². The number of fused-ring (bicyclic) bond motifs is 2. The highest BCUT2D eigenvalue weighted by atomic mass is 15.0. The molecule has 4 rings (SSSR count). The van der Waals surface area contributed by atoms with Gasteiger partial charge in [0.25, 0.3) is 0 Å². The summed E-state index contributed by atoms with van der Waals surface area (Å²) in [4.78, 5) is 17.2. The molecule has 0 atom stereocenters. The minimum absolute atomic E-state index is 0.000178. The summed E-state index contributed by atoms with van der Waals surface area (Å²) in [6.07, 6.45) is 0. The second-order valence-corrected chi connectivity index (χ2v) is 7.72. The van der Waals surface area contributed by atoms with Crippen LogP contribution in [0, 0.1) is 20.6 Å². The van der Waals surface area contributed by atoms with E-state index in [-0.39, 0.29) is 16.7 Å². The molecule has 0 unspecified atom stereocenters. The summed E-state index contributed by atoms with van der Waals surface area (Å²) in [6.45, 7) is 2.70. The average molecular weight is 363 g/mol. The molecule has 0 amide bonds. The third-order valence-electron chi connectivity index (χ3n) is 4.64. The highest BCUT2D eigenvalue weighted by Gasteiger charge is 2.20. The molecule has 27 heavy (non-hydrogen) atoms. The molecule has 0 bridgehead atoms. The van der Waals surface area contributed by atoms with Crippen LogP contribution < -0.4 is 0 Å². The molecule has 2 aromatic heterocycles. The zero-order valence-corrected chi connectivity index (χ0v) is 15.8. The van der Waals surface area contributed by atoms with Crippen LogP contribution in [0.5, 0.6) is 0 Å². The Morgan fingerprint density at radius 2 is 1.44 bits per heavy atom. The number of rotatable bonds is 1. The van der Waals surface area contributed by atoms with Crippen LogP contribution in [0.1, 0.15) is 51.6 Å². The monoisotopic (exact) mass is 362 g/mol. The SMILES string of the molecule is [2H]C([2H])([2H])c1nc2nc(C)c(-c3cc(C(C)(C)C)c4ccccc4c3)nc2nc1C([2H])([2H])[2H]. The average Bonchev–Trinajstić information content (AvgIpc) is 2.69. The molecule has 0 spiro atoms. The molecule has 2 aromatic carbocycles. The van der Waals surface area contributed by atoms with Crippen LogP contribution in [0.2, 0.25) is 0 Å². The molecule has 2 heterocycles. The van der Waals surface area contributed by atoms with Gasteiger partial charge in [0.15, 0.2) is 11.3 Å². The van der Waals surface area contributed by atoms with Gasteiger partial charge in [-0.1, -0.05) is 45.0 Å². The first-order valence-corrected chi connectivity index (χ1v) is 8.77. The zero-order chi connectivity index (χ0) is 24.3. The second kappa shape index (κ2) is 6.08. The summed E-state index contributed by atoms with van der Waals surface area (Å²) in [6, 6.07) is 12.2. The summed E-state index contributed by atoms with van der Waals surface area (Å²) < 4.78 is 46.3. The molecular weight excluding hydrogens is 332 g/mol. The van der Waals surface area contributed by atoms with Gasteiger partial charge in [-0.05, 0) is 54.5 Å². The van der Waals surface area contributed by atoms with E-state index in [4.69, 9.17) is 8.22 Å². The number of hydrogen-bond donors (Lipinski definition) is 0. The fourth-order valence-corrected chi connectivity index (χ4v) is 3.31. The topological polar surface area (TPSA) is 51.6 Å². The summed E-state index contributed by atoms with van der Waals surface area (Å²) >= 11 is 0. The molecule has 0 radical (unpaired) electrons. The van der Waals surface area contributed by atoms with Gasteiger partial charge >= 0.3 is 0 Å². The quantitative estimate of drug-likeness (QED) is 0.451. The van der Waals surface area contributed by atoms with E-state index >= 15 is 0 Å². The number of nitrogens with zero attached hydrogens (tertiary/aromatic N) is 4. The van der Waals surface area contributed by atoms with E-state index in [0.29, 0.717) is 11.4 Å². The lowest BCUT2D eigenvalue weighted by atomic mass is 9.82. The van der Waals surface area contributed by atoms with E-state index in [1.165, 1.54) is 0 Å². The van der Waals surface area contributed by atoms with Gasteiger partial charge < -0.3 is 0 Å². The molecule has 4 aromatic rings. The first kappa shape index (κ1) is 11.8. The maximum Gasteiger partial charge on any atom is 0.198 e. The van der Waals surface area contributed by atoms with Crippen LogP contribution in [-0.4, -0.2) is 19.9 Å². The fourth-order valence-electron chi connectivity index (χ4n) is 3.31. The van der Waals surface area contributed by atoms with E-state index in [2.05, 4.69) is 52.8 Å². The van der Waals surface area contributed by atoms with Crippen molar-refractivity contribution < 1.29 is 8.22 Å². The molecule has 4 heteroatoms. The van der Waals surface area contributed by atoms with Crippen molar-refractivity contribution in [3.63, 3.8) is 0 Å². The van der Waals surface area contributed by atoms with Crippen LogP contribution in [0.15, 0.2) is 36.4 Å². The Hall–Kier alpha value is -2.88. The van der Waals surface area contributed by atoms with Crippen LogP contribution in [0.4, 0.5) is 0 Å². The molecule has 0 saturated carbocycles. The Balaban J connectivity index is 2.02. The van der Waals surface area contributed by atoms with Gasteiger partial charge in [0.05, 0.1) is 22.8 Å². The highest BCUT2D eigenvalue weighted by molar-refractivity contribution is 5.91. The van der Waals surface area contributed by atoms with E-state index in [9.17, 15) is 0 Å². The van der Waals surface area contributed by atoms with Gasteiger partial charge in [0, 0.05) is 13.8 Å². The molecule has 136 valence electrons. The Labute approximate surface area is 168 Å². The Morgan fingerprint density at radius 3 is 2.11 bits per heavy atom. The van der Waals surface area contributed by atoms with E-state index < -0.39 is 25.1 Å². The maximum atomic E-state index is 7.75. The van der Waals surface area contributed by atoms with E-state index in [1.54, 1.807) is 6.92 Å². The summed E-state index contributed by atoms with van der Waals surface area (Å²) in [7, 11) is 0. The normalized spacial score (nSPS) is 16.3. The molecule has 0 saturated heterocycles. The predicted molar refractivity (Wildman–Crippen MR) is 111 cm³/mol. The third kappa shape index (κ3) is 3.05. The van der Waals surface area contributed by atoms with Crippen molar-refractivity contribution in [2.45, 2.75) is 46.8 Å². The number of aryl methyl sites for hydroxylation is 3. The first-order valence-electron chi connectivity index (χ1n) is 11.8. The molecule has 0 N–H and O–H groups in total. The number of hydrogen-bond acceptors (Lipinski definition) is 4. The fraction of sp³-hybridized carbons (Fsp3) is 0.304. The third-order valence-corrected chi connectivity index (χ3v) is 4.64. The van der Waals surface area contributed by atoms with Crippen molar-refractivity contribution in [3.8, 4) is 11.3 Å². The molecule has 0 aliphatic heterocycles. The largest absolute Gasteiger partial charge is 0.229 e. The number of benzene rings is 2. The summed E-state index contributed by atoms with van der Waals surface area (Å²) in [5.74, 6) is 0. The lowest BCUT2D eigenvalue weighted by Gasteiger charge is -2.23. The van der Waals surface area contributed by atoms with Gasteiger partial charge in [-0.2, -0.15) is 0 Å². The smallest absolute Gasteiger partial charge is 0.198 e.